The number of rotatable bonds is 6. The Kier molecular flexibility index (Phi) is 4.44. The first kappa shape index (κ1) is 15.0. The van der Waals surface area contributed by atoms with Gasteiger partial charge in [0.15, 0.2) is 5.82 Å². The van der Waals surface area contributed by atoms with Gasteiger partial charge in [-0.05, 0) is 57.5 Å². The number of H-pyrrole nitrogens is 1. The third-order valence-corrected chi connectivity index (χ3v) is 5.12. The van der Waals surface area contributed by atoms with Gasteiger partial charge in [0, 0.05) is 5.92 Å². The van der Waals surface area contributed by atoms with Crippen LogP contribution in [0.2, 0.25) is 0 Å². The van der Waals surface area contributed by atoms with Gasteiger partial charge < -0.3 is 10.6 Å². The van der Waals surface area contributed by atoms with Crippen LogP contribution in [-0.4, -0.2) is 29.7 Å². The minimum atomic E-state index is 0.0389. The van der Waals surface area contributed by atoms with Crippen molar-refractivity contribution in [2.75, 3.05) is 18.9 Å². The quantitative estimate of drug-likeness (QED) is 0.698. The van der Waals surface area contributed by atoms with Crippen LogP contribution in [0.5, 0.6) is 0 Å². The van der Waals surface area contributed by atoms with Crippen LogP contribution in [0.4, 0.5) is 5.82 Å². The molecule has 0 aromatic carbocycles. The zero-order valence-corrected chi connectivity index (χ0v) is 13.0. The van der Waals surface area contributed by atoms with E-state index in [1.165, 1.54) is 19.3 Å². The fraction of sp³-hybridized carbons (Fsp3) is 0.688. The van der Waals surface area contributed by atoms with Crippen LogP contribution in [0.1, 0.15) is 43.4 Å². The SMILES string of the molecule is CNCCCc1[nH]nc(NC(=O)C2CC3CCC2C3)c1C#N. The molecule has 118 valence electrons. The number of nitrogens with one attached hydrogen (secondary N) is 3. The fourth-order valence-corrected chi connectivity index (χ4v) is 3.99. The van der Waals surface area contributed by atoms with E-state index in [2.05, 4.69) is 26.9 Å². The molecule has 0 saturated heterocycles. The maximum absolute atomic E-state index is 12.5. The normalized spacial score (nSPS) is 26.1. The van der Waals surface area contributed by atoms with Crippen molar-refractivity contribution in [3.63, 3.8) is 0 Å². The Bertz CT molecular complexity index is 588. The highest BCUT2D eigenvalue weighted by Crippen LogP contribution is 2.48. The molecule has 2 saturated carbocycles. The van der Waals surface area contributed by atoms with E-state index in [1.54, 1.807) is 0 Å². The van der Waals surface area contributed by atoms with Gasteiger partial charge in [0.2, 0.25) is 5.91 Å². The van der Waals surface area contributed by atoms with E-state index in [1.807, 2.05) is 7.05 Å². The van der Waals surface area contributed by atoms with Crippen molar-refractivity contribution in [2.24, 2.45) is 17.8 Å². The van der Waals surface area contributed by atoms with Gasteiger partial charge in [-0.25, -0.2) is 0 Å². The van der Waals surface area contributed by atoms with Crippen molar-refractivity contribution in [1.29, 1.82) is 5.26 Å². The second kappa shape index (κ2) is 6.49. The first-order valence-electron chi connectivity index (χ1n) is 8.15. The summed E-state index contributed by atoms with van der Waals surface area (Å²) in [5, 5.41) is 22.3. The van der Waals surface area contributed by atoms with Crippen LogP contribution in [0.3, 0.4) is 0 Å². The van der Waals surface area contributed by atoms with Crippen LogP contribution >= 0.6 is 0 Å². The molecule has 2 aliphatic carbocycles. The molecule has 0 aliphatic heterocycles. The Labute approximate surface area is 130 Å². The summed E-state index contributed by atoms with van der Waals surface area (Å²) in [7, 11) is 1.90. The average Bonchev–Trinajstić information content (AvgIpc) is 3.22. The molecule has 6 heteroatoms. The monoisotopic (exact) mass is 301 g/mol. The van der Waals surface area contributed by atoms with Gasteiger partial charge in [-0.3, -0.25) is 9.89 Å². The van der Waals surface area contributed by atoms with Crippen molar-refractivity contribution >= 4 is 11.7 Å². The van der Waals surface area contributed by atoms with E-state index in [-0.39, 0.29) is 11.8 Å². The summed E-state index contributed by atoms with van der Waals surface area (Å²) >= 11 is 0. The number of amides is 1. The van der Waals surface area contributed by atoms with Gasteiger partial charge in [-0.2, -0.15) is 10.4 Å². The second-order valence-electron chi connectivity index (χ2n) is 6.52. The zero-order valence-electron chi connectivity index (χ0n) is 13.0. The number of fused-ring (bicyclic) bond motifs is 2. The number of carbonyl (C=O) groups is 1. The molecule has 1 aromatic rings. The van der Waals surface area contributed by atoms with Gasteiger partial charge in [-0.15, -0.1) is 0 Å². The molecular formula is C16H23N5O. The van der Waals surface area contributed by atoms with Crippen LogP contribution in [0, 0.1) is 29.1 Å². The molecule has 2 bridgehead atoms. The molecule has 0 spiro atoms. The number of aryl methyl sites for hydroxylation is 1. The number of anilines is 1. The van der Waals surface area contributed by atoms with Crippen molar-refractivity contribution in [2.45, 2.75) is 38.5 Å². The maximum Gasteiger partial charge on any atom is 0.229 e. The largest absolute Gasteiger partial charge is 0.320 e. The van der Waals surface area contributed by atoms with Gasteiger partial charge in [-0.1, -0.05) is 6.42 Å². The highest BCUT2D eigenvalue weighted by Gasteiger charge is 2.43. The Hall–Kier alpha value is -1.87. The molecule has 6 nitrogen and oxygen atoms in total. The Morgan fingerprint density at radius 1 is 1.45 bits per heavy atom. The van der Waals surface area contributed by atoms with Crippen molar-refractivity contribution in [1.82, 2.24) is 15.5 Å². The molecule has 2 aliphatic rings. The summed E-state index contributed by atoms with van der Waals surface area (Å²) < 4.78 is 0. The van der Waals surface area contributed by atoms with E-state index in [0.29, 0.717) is 17.3 Å². The number of hydrogen-bond acceptors (Lipinski definition) is 4. The van der Waals surface area contributed by atoms with Gasteiger partial charge in [0.1, 0.15) is 11.6 Å². The van der Waals surface area contributed by atoms with Gasteiger partial charge in [0.25, 0.3) is 0 Å². The van der Waals surface area contributed by atoms with Crippen LogP contribution in [0.15, 0.2) is 0 Å². The van der Waals surface area contributed by atoms with Crippen molar-refractivity contribution in [3.8, 4) is 6.07 Å². The van der Waals surface area contributed by atoms with Crippen molar-refractivity contribution < 1.29 is 4.79 Å². The Morgan fingerprint density at radius 3 is 2.95 bits per heavy atom. The molecule has 3 rings (SSSR count). The van der Waals surface area contributed by atoms with E-state index in [4.69, 9.17) is 0 Å². The molecule has 22 heavy (non-hydrogen) atoms. The third kappa shape index (κ3) is 2.86. The summed E-state index contributed by atoms with van der Waals surface area (Å²) in [6.45, 7) is 0.886. The van der Waals surface area contributed by atoms with Crippen LogP contribution in [0.25, 0.3) is 0 Å². The first-order chi connectivity index (χ1) is 10.7. The van der Waals surface area contributed by atoms with E-state index < -0.39 is 0 Å². The molecule has 1 amide bonds. The lowest BCUT2D eigenvalue weighted by Crippen LogP contribution is -2.27. The summed E-state index contributed by atoms with van der Waals surface area (Å²) in [5.41, 5.74) is 1.29. The fourth-order valence-electron chi connectivity index (χ4n) is 3.99. The number of aromatic amines is 1. The zero-order chi connectivity index (χ0) is 15.5. The van der Waals surface area contributed by atoms with Crippen molar-refractivity contribution in [3.05, 3.63) is 11.3 Å². The highest BCUT2D eigenvalue weighted by molar-refractivity contribution is 5.93. The Balaban J connectivity index is 1.65. The smallest absolute Gasteiger partial charge is 0.229 e. The van der Waals surface area contributed by atoms with Gasteiger partial charge >= 0.3 is 0 Å². The lowest BCUT2D eigenvalue weighted by Gasteiger charge is -2.20. The van der Waals surface area contributed by atoms with E-state index in [9.17, 15) is 10.1 Å². The highest BCUT2D eigenvalue weighted by atomic mass is 16.2. The maximum atomic E-state index is 12.5. The Morgan fingerprint density at radius 2 is 2.32 bits per heavy atom. The number of aromatic nitrogens is 2. The minimum absolute atomic E-state index is 0.0389. The molecule has 3 atom stereocenters. The van der Waals surface area contributed by atoms with E-state index in [0.717, 1.165) is 37.4 Å². The molecule has 3 N–H and O–H groups in total. The summed E-state index contributed by atoms with van der Waals surface area (Å²) in [6, 6.07) is 2.17. The second-order valence-corrected chi connectivity index (χ2v) is 6.52. The molecule has 1 heterocycles. The average molecular weight is 301 g/mol. The standard InChI is InChI=1S/C16H23N5O/c1-18-6-2-3-14-13(9-17)15(21-20-14)19-16(22)12-8-10-4-5-11(12)7-10/h10-12,18H,2-8H2,1H3,(H2,19,20,21,22). The predicted octanol–water partition coefficient (Wildman–Crippen LogP) is 1.81. The first-order valence-corrected chi connectivity index (χ1v) is 8.15. The van der Waals surface area contributed by atoms with Gasteiger partial charge in [0.05, 0.1) is 5.69 Å². The van der Waals surface area contributed by atoms with Crippen LogP contribution < -0.4 is 10.6 Å². The molecule has 1 aromatic heterocycles. The lowest BCUT2D eigenvalue weighted by molar-refractivity contribution is -0.121. The molecular weight excluding hydrogens is 278 g/mol. The minimum Gasteiger partial charge on any atom is -0.320 e. The molecule has 2 fully saturated rings. The number of carbonyl (C=O) groups excluding carboxylic acids is 1. The predicted molar refractivity (Wildman–Crippen MR) is 83.1 cm³/mol. The molecule has 0 radical (unpaired) electrons. The van der Waals surface area contributed by atoms with E-state index >= 15 is 0 Å². The number of nitrogens with zero attached hydrogens (tertiary/aromatic N) is 2. The van der Waals surface area contributed by atoms with Crippen LogP contribution in [-0.2, 0) is 11.2 Å². The summed E-state index contributed by atoms with van der Waals surface area (Å²) in [4.78, 5) is 12.5. The number of nitriles is 1. The third-order valence-electron chi connectivity index (χ3n) is 5.12. The molecule has 3 unspecified atom stereocenters. The lowest BCUT2D eigenvalue weighted by atomic mass is 9.88. The summed E-state index contributed by atoms with van der Waals surface area (Å²) in [5.74, 6) is 1.80. The summed E-state index contributed by atoms with van der Waals surface area (Å²) in [6.07, 6.45) is 6.31. The topological polar surface area (TPSA) is 93.6 Å². The number of hydrogen-bond donors (Lipinski definition) is 3.